The summed E-state index contributed by atoms with van der Waals surface area (Å²) in [5.74, 6) is -0.125. The lowest BCUT2D eigenvalue weighted by Crippen LogP contribution is -2.37. The van der Waals surface area contributed by atoms with Crippen LogP contribution in [0.15, 0.2) is 18.2 Å². The Morgan fingerprint density at radius 3 is 2.70 bits per heavy atom. The Balaban J connectivity index is 2.57. The lowest BCUT2D eigenvalue weighted by Gasteiger charge is -2.12. The van der Waals surface area contributed by atoms with E-state index in [1.54, 1.807) is 0 Å². The van der Waals surface area contributed by atoms with Gasteiger partial charge in [-0.05, 0) is 32.0 Å². The summed E-state index contributed by atoms with van der Waals surface area (Å²) < 4.78 is 28.9. The van der Waals surface area contributed by atoms with Crippen molar-refractivity contribution < 1.29 is 18.3 Å². The van der Waals surface area contributed by atoms with Crippen molar-refractivity contribution in [1.82, 2.24) is 10.6 Å². The van der Waals surface area contributed by atoms with E-state index in [1.165, 1.54) is 18.2 Å². The summed E-state index contributed by atoms with van der Waals surface area (Å²) in [5, 5.41) is 5.97. The topological polar surface area (TPSA) is 50.4 Å². The molecule has 1 amide bonds. The summed E-state index contributed by atoms with van der Waals surface area (Å²) in [6.45, 7) is 1.08. The average Bonchev–Trinajstić information content (AvgIpc) is 2.31. The molecule has 0 aliphatic heterocycles. The van der Waals surface area contributed by atoms with Gasteiger partial charge >= 0.3 is 6.61 Å². The van der Waals surface area contributed by atoms with E-state index in [9.17, 15) is 13.6 Å². The van der Waals surface area contributed by atoms with Crippen molar-refractivity contribution >= 4 is 17.5 Å². The van der Waals surface area contributed by atoms with Crippen LogP contribution >= 0.6 is 11.6 Å². The van der Waals surface area contributed by atoms with Gasteiger partial charge in [0.15, 0.2) is 0 Å². The number of nitrogens with one attached hydrogen (secondary N) is 2. The molecule has 0 bridgehead atoms. The van der Waals surface area contributed by atoms with E-state index in [4.69, 9.17) is 11.6 Å². The molecule has 7 heteroatoms. The van der Waals surface area contributed by atoms with Crippen LogP contribution in [0.4, 0.5) is 8.78 Å². The number of amides is 1. The summed E-state index contributed by atoms with van der Waals surface area (Å²) in [7, 11) is 0. The third-order valence-corrected chi connectivity index (χ3v) is 2.52. The minimum absolute atomic E-state index is 0.0427. The number of rotatable bonds is 7. The number of hydrogen-bond acceptors (Lipinski definition) is 3. The molecule has 1 aromatic carbocycles. The Morgan fingerprint density at radius 1 is 1.40 bits per heavy atom. The highest BCUT2D eigenvalue weighted by atomic mass is 35.5. The maximum atomic E-state index is 12.3. The highest BCUT2D eigenvalue weighted by Gasteiger charge is 2.11. The molecule has 0 atom stereocenters. The first-order chi connectivity index (χ1) is 9.38. The predicted octanol–water partition coefficient (Wildman–Crippen LogP) is 2.56. The van der Waals surface area contributed by atoms with Crippen molar-refractivity contribution in [2.45, 2.75) is 33.0 Å². The Hall–Kier alpha value is -1.40. The first-order valence-corrected chi connectivity index (χ1v) is 6.49. The van der Waals surface area contributed by atoms with Crippen LogP contribution in [0.3, 0.4) is 0 Å². The quantitative estimate of drug-likeness (QED) is 0.814. The molecule has 1 aromatic rings. The number of alkyl halides is 2. The maximum absolute atomic E-state index is 12.3. The van der Waals surface area contributed by atoms with Gasteiger partial charge in [-0.15, -0.1) is 0 Å². The van der Waals surface area contributed by atoms with Gasteiger partial charge in [-0.3, -0.25) is 4.79 Å². The molecule has 0 heterocycles. The lowest BCUT2D eigenvalue weighted by molar-refractivity contribution is -0.120. The number of benzene rings is 1. The van der Waals surface area contributed by atoms with Crippen LogP contribution in [0.5, 0.6) is 5.75 Å². The zero-order valence-electron chi connectivity index (χ0n) is 11.3. The fraction of sp³-hybridized carbons (Fsp3) is 0.462. The molecule has 0 aromatic heterocycles. The molecule has 4 nitrogen and oxygen atoms in total. The molecule has 0 saturated carbocycles. The lowest BCUT2D eigenvalue weighted by atomic mass is 10.2. The predicted molar refractivity (Wildman–Crippen MR) is 73.1 cm³/mol. The van der Waals surface area contributed by atoms with E-state index in [0.717, 1.165) is 0 Å². The van der Waals surface area contributed by atoms with Crippen LogP contribution in [-0.2, 0) is 11.3 Å². The molecule has 0 radical (unpaired) electrons. The Labute approximate surface area is 121 Å². The van der Waals surface area contributed by atoms with E-state index in [0.29, 0.717) is 10.6 Å². The van der Waals surface area contributed by atoms with Gasteiger partial charge in [0.05, 0.1) is 6.54 Å². The largest absolute Gasteiger partial charge is 0.434 e. The zero-order valence-corrected chi connectivity index (χ0v) is 12.0. The van der Waals surface area contributed by atoms with Crippen LogP contribution in [0, 0.1) is 0 Å². The van der Waals surface area contributed by atoms with Crippen LogP contribution in [0.2, 0.25) is 5.02 Å². The Morgan fingerprint density at radius 2 is 2.10 bits per heavy atom. The average molecular weight is 307 g/mol. The monoisotopic (exact) mass is 306 g/mol. The molecule has 0 saturated heterocycles. The van der Waals surface area contributed by atoms with Crippen molar-refractivity contribution in [2.75, 3.05) is 6.54 Å². The highest BCUT2D eigenvalue weighted by molar-refractivity contribution is 6.30. The van der Waals surface area contributed by atoms with Crippen LogP contribution < -0.4 is 15.4 Å². The molecule has 0 aliphatic rings. The van der Waals surface area contributed by atoms with E-state index < -0.39 is 6.61 Å². The molecule has 0 aliphatic carbocycles. The highest BCUT2D eigenvalue weighted by Crippen LogP contribution is 2.24. The minimum Gasteiger partial charge on any atom is -0.434 e. The number of hydrogen-bond donors (Lipinski definition) is 2. The SMILES string of the molecule is CC(C)NC(=O)CNCc1cc(Cl)ccc1OC(F)F. The summed E-state index contributed by atoms with van der Waals surface area (Å²) in [6.07, 6.45) is 0. The standard InChI is InChI=1S/C13H17ClF2N2O2/c1-8(2)18-12(19)7-17-6-9-5-10(14)3-4-11(9)20-13(15)16/h3-5,8,13,17H,6-7H2,1-2H3,(H,18,19). The summed E-state index contributed by atoms with van der Waals surface area (Å²) in [5.41, 5.74) is 0.468. The molecule has 112 valence electrons. The molecule has 0 unspecified atom stereocenters. The fourth-order valence-corrected chi connectivity index (χ4v) is 1.78. The van der Waals surface area contributed by atoms with Gasteiger partial charge in [0, 0.05) is 23.2 Å². The summed E-state index contributed by atoms with van der Waals surface area (Å²) in [6, 6.07) is 4.41. The smallest absolute Gasteiger partial charge is 0.387 e. The van der Waals surface area contributed by atoms with Gasteiger partial charge in [-0.2, -0.15) is 8.78 Å². The molecule has 0 fully saturated rings. The van der Waals surface area contributed by atoms with Crippen molar-refractivity contribution in [1.29, 1.82) is 0 Å². The zero-order chi connectivity index (χ0) is 15.1. The fourth-order valence-electron chi connectivity index (χ4n) is 1.58. The van der Waals surface area contributed by atoms with Crippen LogP contribution in [0.25, 0.3) is 0 Å². The van der Waals surface area contributed by atoms with Crippen LogP contribution in [-0.4, -0.2) is 25.1 Å². The first-order valence-electron chi connectivity index (χ1n) is 6.11. The second-order valence-electron chi connectivity index (χ2n) is 4.46. The van der Waals surface area contributed by atoms with Crippen molar-refractivity contribution in [3.05, 3.63) is 28.8 Å². The second-order valence-corrected chi connectivity index (χ2v) is 4.89. The Bertz CT molecular complexity index is 456. The molecular formula is C13H17ClF2N2O2. The molecule has 1 rings (SSSR count). The minimum atomic E-state index is -2.90. The molecule has 2 N–H and O–H groups in total. The molecular weight excluding hydrogens is 290 g/mol. The molecule has 0 spiro atoms. The summed E-state index contributed by atoms with van der Waals surface area (Å²) >= 11 is 5.81. The number of ether oxygens (including phenoxy) is 1. The normalized spacial score (nSPS) is 10.9. The number of carbonyl (C=O) groups excluding carboxylic acids is 1. The number of halogens is 3. The van der Waals surface area contributed by atoms with Gasteiger partial charge in [0.2, 0.25) is 5.91 Å². The maximum Gasteiger partial charge on any atom is 0.387 e. The third-order valence-electron chi connectivity index (χ3n) is 2.29. The second kappa shape index (κ2) is 8.01. The Kier molecular flexibility index (Phi) is 6.67. The van der Waals surface area contributed by atoms with Crippen molar-refractivity contribution in [3.63, 3.8) is 0 Å². The van der Waals surface area contributed by atoms with Crippen molar-refractivity contribution in [2.24, 2.45) is 0 Å². The van der Waals surface area contributed by atoms with Gasteiger partial charge in [-0.25, -0.2) is 0 Å². The van der Waals surface area contributed by atoms with E-state index >= 15 is 0 Å². The van der Waals surface area contributed by atoms with Gasteiger partial charge < -0.3 is 15.4 Å². The van der Waals surface area contributed by atoms with Crippen LogP contribution in [0.1, 0.15) is 19.4 Å². The van der Waals surface area contributed by atoms with E-state index in [2.05, 4.69) is 15.4 Å². The first kappa shape index (κ1) is 16.7. The van der Waals surface area contributed by atoms with Gasteiger partial charge in [0.25, 0.3) is 0 Å². The van der Waals surface area contributed by atoms with Crippen molar-refractivity contribution in [3.8, 4) is 5.75 Å². The van der Waals surface area contributed by atoms with Gasteiger partial charge in [0.1, 0.15) is 5.75 Å². The third kappa shape index (κ3) is 6.16. The molecule has 20 heavy (non-hydrogen) atoms. The van der Waals surface area contributed by atoms with E-state index in [1.807, 2.05) is 13.8 Å². The summed E-state index contributed by atoms with van der Waals surface area (Å²) in [4.78, 5) is 11.4. The number of carbonyl (C=O) groups is 1. The van der Waals surface area contributed by atoms with E-state index in [-0.39, 0.29) is 30.8 Å². The van der Waals surface area contributed by atoms with Gasteiger partial charge in [-0.1, -0.05) is 11.6 Å².